The number of carbonyl (C=O) groups is 1. The fraction of sp³-hybridized carbons (Fsp3) is 0.125. The van der Waals surface area contributed by atoms with Crippen LogP contribution in [-0.4, -0.2) is 5.78 Å². The van der Waals surface area contributed by atoms with E-state index in [-0.39, 0.29) is 0 Å². The number of carbonyl (C=O) groups excluding carboxylic acids is 1. The van der Waals surface area contributed by atoms with Gasteiger partial charge in [0.2, 0.25) is 0 Å². The van der Waals surface area contributed by atoms with Crippen LogP contribution in [0.3, 0.4) is 0 Å². The molecule has 1 aromatic carbocycles. The SMILES string of the molecule is CC(=O)c1c(F)c(F)c(S)c(F)c1F. The Kier molecular flexibility index (Phi) is 2.84. The molecule has 0 amide bonds. The van der Waals surface area contributed by atoms with E-state index in [0.717, 1.165) is 6.92 Å². The van der Waals surface area contributed by atoms with Crippen molar-refractivity contribution in [1.29, 1.82) is 0 Å². The van der Waals surface area contributed by atoms with Crippen molar-refractivity contribution < 1.29 is 22.4 Å². The second kappa shape index (κ2) is 3.61. The molecule has 0 aliphatic rings. The molecule has 1 nitrogen and oxygen atoms in total. The molecule has 0 radical (unpaired) electrons. The lowest BCUT2D eigenvalue weighted by Crippen LogP contribution is -2.08. The number of halogens is 4. The monoisotopic (exact) mass is 224 g/mol. The van der Waals surface area contributed by atoms with Crippen molar-refractivity contribution in [1.82, 2.24) is 0 Å². The summed E-state index contributed by atoms with van der Waals surface area (Å²) in [6, 6.07) is 0. The predicted molar refractivity (Wildman–Crippen MR) is 43.5 cm³/mol. The molecule has 0 saturated carbocycles. The topological polar surface area (TPSA) is 17.1 Å². The third-order valence-corrected chi connectivity index (χ3v) is 1.98. The van der Waals surface area contributed by atoms with Crippen LogP contribution >= 0.6 is 12.6 Å². The van der Waals surface area contributed by atoms with Gasteiger partial charge in [-0.05, 0) is 6.92 Å². The second-order valence-corrected chi connectivity index (χ2v) is 2.98. The highest BCUT2D eigenvalue weighted by Crippen LogP contribution is 2.26. The summed E-state index contributed by atoms with van der Waals surface area (Å²) in [5, 5.41) is 0. The van der Waals surface area contributed by atoms with E-state index in [1.165, 1.54) is 0 Å². The van der Waals surface area contributed by atoms with Crippen LogP contribution in [0.2, 0.25) is 0 Å². The van der Waals surface area contributed by atoms with Crippen LogP contribution < -0.4 is 0 Å². The summed E-state index contributed by atoms with van der Waals surface area (Å²) in [5.74, 6) is -7.87. The Balaban J connectivity index is 3.68. The zero-order chi connectivity index (χ0) is 11.0. The molecule has 0 aromatic heterocycles. The quantitative estimate of drug-likeness (QED) is 0.336. The highest BCUT2D eigenvalue weighted by molar-refractivity contribution is 7.80. The average molecular weight is 224 g/mol. The van der Waals surface area contributed by atoms with Crippen LogP contribution in [0.1, 0.15) is 17.3 Å². The second-order valence-electron chi connectivity index (χ2n) is 2.54. The lowest BCUT2D eigenvalue weighted by molar-refractivity contribution is 0.100. The maximum absolute atomic E-state index is 12.9. The smallest absolute Gasteiger partial charge is 0.176 e. The zero-order valence-corrected chi connectivity index (χ0v) is 7.76. The summed E-state index contributed by atoms with van der Waals surface area (Å²) in [6.45, 7) is 0.804. The molecule has 14 heavy (non-hydrogen) atoms. The van der Waals surface area contributed by atoms with Gasteiger partial charge in [-0.15, -0.1) is 12.6 Å². The molecule has 0 bridgehead atoms. The van der Waals surface area contributed by atoms with Crippen molar-refractivity contribution in [2.24, 2.45) is 0 Å². The minimum atomic E-state index is -1.72. The molecule has 0 unspecified atom stereocenters. The van der Waals surface area contributed by atoms with Crippen LogP contribution in [0.4, 0.5) is 17.6 Å². The van der Waals surface area contributed by atoms with Gasteiger partial charge in [0.05, 0.1) is 10.5 Å². The van der Waals surface area contributed by atoms with Crippen molar-refractivity contribution in [2.75, 3.05) is 0 Å². The van der Waals surface area contributed by atoms with Gasteiger partial charge in [-0.1, -0.05) is 0 Å². The summed E-state index contributed by atoms with van der Waals surface area (Å²) >= 11 is 3.23. The van der Waals surface area contributed by atoms with Crippen LogP contribution in [0.15, 0.2) is 4.90 Å². The maximum atomic E-state index is 12.9. The van der Waals surface area contributed by atoms with Crippen LogP contribution in [0.25, 0.3) is 0 Å². The van der Waals surface area contributed by atoms with E-state index in [2.05, 4.69) is 12.6 Å². The van der Waals surface area contributed by atoms with Gasteiger partial charge in [-0.3, -0.25) is 4.79 Å². The molecule has 6 heteroatoms. The molecule has 0 aliphatic heterocycles. The number of hydrogen-bond donors (Lipinski definition) is 1. The Hall–Kier alpha value is -1.04. The molecule has 1 rings (SSSR count). The number of benzene rings is 1. The van der Waals surface area contributed by atoms with E-state index in [4.69, 9.17) is 0 Å². The van der Waals surface area contributed by atoms with E-state index in [1.807, 2.05) is 0 Å². The van der Waals surface area contributed by atoms with E-state index in [0.29, 0.717) is 0 Å². The number of rotatable bonds is 1. The highest BCUT2D eigenvalue weighted by Gasteiger charge is 2.25. The van der Waals surface area contributed by atoms with E-state index < -0.39 is 39.5 Å². The van der Waals surface area contributed by atoms with Gasteiger partial charge >= 0.3 is 0 Å². The van der Waals surface area contributed by atoms with Crippen LogP contribution in [-0.2, 0) is 0 Å². The van der Waals surface area contributed by atoms with Crippen LogP contribution in [0.5, 0.6) is 0 Å². The van der Waals surface area contributed by atoms with E-state index in [9.17, 15) is 22.4 Å². The third kappa shape index (κ3) is 1.50. The molecule has 76 valence electrons. The van der Waals surface area contributed by atoms with E-state index >= 15 is 0 Å². The van der Waals surface area contributed by atoms with Gasteiger partial charge in [0.15, 0.2) is 29.1 Å². The average Bonchev–Trinajstić information content (AvgIpc) is 2.11. The first-order valence-corrected chi connectivity index (χ1v) is 3.88. The molecule has 0 atom stereocenters. The lowest BCUT2D eigenvalue weighted by Gasteiger charge is -2.05. The Bertz CT molecular complexity index is 387. The normalized spacial score (nSPS) is 10.4. The first kappa shape index (κ1) is 11.0. The number of ketones is 1. The fourth-order valence-corrected chi connectivity index (χ4v) is 1.13. The maximum Gasteiger partial charge on any atom is 0.176 e. The van der Waals surface area contributed by atoms with Crippen molar-refractivity contribution >= 4 is 18.4 Å². The van der Waals surface area contributed by atoms with Crippen molar-refractivity contribution in [3.8, 4) is 0 Å². The first-order valence-electron chi connectivity index (χ1n) is 3.43. The molecule has 0 spiro atoms. The van der Waals surface area contributed by atoms with Gasteiger partial charge in [-0.2, -0.15) is 0 Å². The summed E-state index contributed by atoms with van der Waals surface area (Å²) < 4.78 is 51.4. The summed E-state index contributed by atoms with van der Waals surface area (Å²) in [6.07, 6.45) is 0. The van der Waals surface area contributed by atoms with Gasteiger partial charge in [0, 0.05) is 0 Å². The van der Waals surface area contributed by atoms with E-state index in [1.54, 1.807) is 0 Å². The number of Topliss-reactive ketones (excluding diaryl/α,β-unsaturated/α-hetero) is 1. The number of hydrogen-bond acceptors (Lipinski definition) is 2. The summed E-state index contributed by atoms with van der Waals surface area (Å²) in [5.41, 5.74) is -1.22. The van der Waals surface area contributed by atoms with Crippen molar-refractivity contribution in [3.63, 3.8) is 0 Å². The zero-order valence-electron chi connectivity index (χ0n) is 6.87. The Morgan fingerprint density at radius 2 is 1.36 bits per heavy atom. The molecular weight excluding hydrogens is 220 g/mol. The molecule has 0 heterocycles. The van der Waals surface area contributed by atoms with Crippen molar-refractivity contribution in [3.05, 3.63) is 28.8 Å². The molecular formula is C8H4F4OS. The van der Waals surface area contributed by atoms with Gasteiger partial charge in [0.25, 0.3) is 0 Å². The minimum Gasteiger partial charge on any atom is -0.294 e. The highest BCUT2D eigenvalue weighted by atomic mass is 32.1. The largest absolute Gasteiger partial charge is 0.294 e. The van der Waals surface area contributed by atoms with Gasteiger partial charge < -0.3 is 0 Å². The predicted octanol–water partition coefficient (Wildman–Crippen LogP) is 2.73. The standard InChI is InChI=1S/C8H4F4OS/c1-2(13)3-4(9)6(11)8(14)7(12)5(3)10/h14H,1H3. The van der Waals surface area contributed by atoms with Gasteiger partial charge in [0.1, 0.15) is 0 Å². The molecule has 0 aliphatic carbocycles. The Labute approximate surface area is 82.1 Å². The van der Waals surface area contributed by atoms with Gasteiger partial charge in [-0.25, -0.2) is 17.6 Å². The fourth-order valence-electron chi connectivity index (χ4n) is 0.929. The number of thiol groups is 1. The third-order valence-electron chi connectivity index (χ3n) is 1.59. The van der Waals surface area contributed by atoms with Crippen LogP contribution in [0, 0.1) is 23.3 Å². The molecule has 0 saturated heterocycles. The van der Waals surface area contributed by atoms with Crippen molar-refractivity contribution in [2.45, 2.75) is 11.8 Å². The first-order chi connectivity index (χ1) is 6.37. The lowest BCUT2D eigenvalue weighted by atomic mass is 10.1. The minimum absolute atomic E-state index is 0.804. The summed E-state index contributed by atoms with van der Waals surface area (Å²) in [4.78, 5) is 9.59. The molecule has 1 aromatic rings. The summed E-state index contributed by atoms with van der Waals surface area (Å²) in [7, 11) is 0. The molecule has 0 N–H and O–H groups in total. The Morgan fingerprint density at radius 3 is 1.64 bits per heavy atom. The molecule has 0 fully saturated rings. The Morgan fingerprint density at radius 1 is 1.00 bits per heavy atom.